The van der Waals surface area contributed by atoms with Gasteiger partial charge in [0.2, 0.25) is 10.0 Å². The molecule has 0 aliphatic heterocycles. The lowest BCUT2D eigenvalue weighted by Gasteiger charge is -2.05. The second kappa shape index (κ2) is 5.65. The van der Waals surface area contributed by atoms with E-state index in [1.165, 1.54) is 0 Å². The Kier molecular flexibility index (Phi) is 3.94. The number of sulfonamides is 1. The molecule has 1 aromatic carbocycles. The monoisotopic (exact) mass is 276 g/mol. The Hall–Kier alpha value is -2.17. The van der Waals surface area contributed by atoms with Gasteiger partial charge in [-0.3, -0.25) is 5.10 Å². The van der Waals surface area contributed by atoms with Gasteiger partial charge in [-0.15, -0.1) is 0 Å². The molecule has 0 saturated heterocycles. The summed E-state index contributed by atoms with van der Waals surface area (Å²) < 4.78 is 26.2. The summed E-state index contributed by atoms with van der Waals surface area (Å²) in [5.41, 5.74) is 1.79. The van der Waals surface area contributed by atoms with Gasteiger partial charge in [0.15, 0.2) is 0 Å². The summed E-state index contributed by atoms with van der Waals surface area (Å²) in [7, 11) is -3.44. The first-order valence-corrected chi connectivity index (χ1v) is 7.18. The van der Waals surface area contributed by atoms with Crippen molar-refractivity contribution < 1.29 is 8.42 Å². The topological polar surface area (TPSA) is 98.6 Å². The second-order valence-electron chi connectivity index (χ2n) is 4.00. The van der Waals surface area contributed by atoms with Crippen LogP contribution in [0.5, 0.6) is 0 Å². The third-order valence-corrected chi connectivity index (χ3v) is 3.76. The third-order valence-electron chi connectivity index (χ3n) is 2.46. The number of nitrogens with zero attached hydrogens (tertiary/aromatic N) is 2. The highest BCUT2D eigenvalue weighted by molar-refractivity contribution is 7.88. The molecule has 0 spiro atoms. The van der Waals surface area contributed by atoms with Crippen LogP contribution in [-0.2, 0) is 22.3 Å². The minimum absolute atomic E-state index is 0.152. The third kappa shape index (κ3) is 3.91. The number of hydrogen-bond donors (Lipinski definition) is 2. The average molecular weight is 276 g/mol. The predicted molar refractivity (Wildman–Crippen MR) is 69.2 cm³/mol. The Labute approximate surface area is 111 Å². The van der Waals surface area contributed by atoms with E-state index in [2.05, 4.69) is 14.9 Å². The van der Waals surface area contributed by atoms with Crippen LogP contribution in [-0.4, -0.2) is 18.6 Å². The zero-order valence-corrected chi connectivity index (χ0v) is 10.8. The first-order chi connectivity index (χ1) is 9.09. The molecule has 98 valence electrons. The maximum atomic E-state index is 11.9. The Balaban J connectivity index is 2.02. The van der Waals surface area contributed by atoms with Gasteiger partial charge < -0.3 is 0 Å². The molecule has 1 heterocycles. The number of nitriles is 1. The zero-order chi connectivity index (χ0) is 13.7. The molecule has 0 radical (unpaired) electrons. The number of aromatic amines is 1. The van der Waals surface area contributed by atoms with Crippen molar-refractivity contribution in [2.75, 3.05) is 0 Å². The Morgan fingerprint density at radius 2 is 2.21 bits per heavy atom. The average Bonchev–Trinajstić information content (AvgIpc) is 2.89. The summed E-state index contributed by atoms with van der Waals surface area (Å²) in [6, 6.07) is 8.53. The fourth-order valence-electron chi connectivity index (χ4n) is 1.57. The Morgan fingerprint density at radius 1 is 1.37 bits per heavy atom. The van der Waals surface area contributed by atoms with Crippen LogP contribution in [0.15, 0.2) is 36.7 Å². The summed E-state index contributed by atoms with van der Waals surface area (Å²) in [6.07, 6.45) is 3.18. The highest BCUT2D eigenvalue weighted by atomic mass is 32.2. The van der Waals surface area contributed by atoms with E-state index in [1.807, 2.05) is 6.07 Å². The molecule has 0 aliphatic carbocycles. The summed E-state index contributed by atoms with van der Waals surface area (Å²) in [5.74, 6) is -0.152. The highest BCUT2D eigenvalue weighted by Crippen LogP contribution is 2.08. The van der Waals surface area contributed by atoms with Crippen molar-refractivity contribution in [3.05, 3.63) is 53.3 Å². The van der Waals surface area contributed by atoms with Gasteiger partial charge in [-0.2, -0.15) is 10.4 Å². The lowest BCUT2D eigenvalue weighted by atomic mass is 10.2. The first-order valence-electron chi connectivity index (χ1n) is 5.53. The number of hydrogen-bond acceptors (Lipinski definition) is 4. The van der Waals surface area contributed by atoms with Crippen molar-refractivity contribution in [3.63, 3.8) is 0 Å². The lowest BCUT2D eigenvalue weighted by molar-refractivity contribution is 0.580. The minimum Gasteiger partial charge on any atom is -0.285 e. The van der Waals surface area contributed by atoms with Gasteiger partial charge in [-0.25, -0.2) is 13.1 Å². The molecule has 0 atom stereocenters. The quantitative estimate of drug-likeness (QED) is 0.847. The molecular formula is C12H12N4O2S. The van der Waals surface area contributed by atoms with Crippen molar-refractivity contribution in [1.82, 2.24) is 14.9 Å². The van der Waals surface area contributed by atoms with E-state index < -0.39 is 10.0 Å². The van der Waals surface area contributed by atoms with Crippen LogP contribution in [0, 0.1) is 11.3 Å². The smallest absolute Gasteiger partial charge is 0.216 e. The summed E-state index contributed by atoms with van der Waals surface area (Å²) in [4.78, 5) is 0. The van der Waals surface area contributed by atoms with Crippen molar-refractivity contribution in [2.45, 2.75) is 12.3 Å². The molecule has 0 unspecified atom stereocenters. The molecule has 0 fully saturated rings. The van der Waals surface area contributed by atoms with Crippen LogP contribution in [0.3, 0.4) is 0 Å². The van der Waals surface area contributed by atoms with Crippen LogP contribution >= 0.6 is 0 Å². The van der Waals surface area contributed by atoms with E-state index in [0.29, 0.717) is 11.1 Å². The molecule has 2 N–H and O–H groups in total. The van der Waals surface area contributed by atoms with E-state index in [-0.39, 0.29) is 12.3 Å². The molecule has 7 heteroatoms. The SMILES string of the molecule is N#Cc1cccc(CS(=O)(=O)NCc2cn[nH]c2)c1. The first kappa shape index (κ1) is 13.3. The molecule has 1 aromatic heterocycles. The van der Waals surface area contributed by atoms with E-state index >= 15 is 0 Å². The molecule has 0 saturated carbocycles. The number of H-pyrrole nitrogens is 1. The molecular weight excluding hydrogens is 264 g/mol. The van der Waals surface area contributed by atoms with Gasteiger partial charge >= 0.3 is 0 Å². The number of aromatic nitrogens is 2. The number of nitrogens with one attached hydrogen (secondary N) is 2. The van der Waals surface area contributed by atoms with Crippen LogP contribution in [0.4, 0.5) is 0 Å². The summed E-state index contributed by atoms with van der Waals surface area (Å²) in [6.45, 7) is 0.191. The van der Waals surface area contributed by atoms with Crippen LogP contribution in [0.25, 0.3) is 0 Å². The Bertz CT molecular complexity index is 687. The highest BCUT2D eigenvalue weighted by Gasteiger charge is 2.11. The normalized spacial score (nSPS) is 11.1. The summed E-state index contributed by atoms with van der Waals surface area (Å²) >= 11 is 0. The van der Waals surface area contributed by atoms with Gasteiger partial charge in [0.05, 0.1) is 23.6 Å². The van der Waals surface area contributed by atoms with Gasteiger partial charge in [-0.1, -0.05) is 12.1 Å². The zero-order valence-electron chi connectivity index (χ0n) is 10.00. The molecule has 6 nitrogen and oxygen atoms in total. The summed E-state index contributed by atoms with van der Waals surface area (Å²) in [5, 5.41) is 15.1. The van der Waals surface area contributed by atoms with Crippen LogP contribution < -0.4 is 4.72 Å². The molecule has 19 heavy (non-hydrogen) atoms. The second-order valence-corrected chi connectivity index (χ2v) is 5.81. The van der Waals surface area contributed by atoms with Crippen LogP contribution in [0.2, 0.25) is 0 Å². The maximum absolute atomic E-state index is 11.9. The number of rotatable bonds is 5. The minimum atomic E-state index is -3.44. The predicted octanol–water partition coefficient (Wildman–Crippen LogP) is 0.901. The fraction of sp³-hybridized carbons (Fsp3) is 0.167. The largest absolute Gasteiger partial charge is 0.285 e. The van der Waals surface area contributed by atoms with E-state index in [0.717, 1.165) is 5.56 Å². The fourth-order valence-corrected chi connectivity index (χ4v) is 2.68. The standard InChI is InChI=1S/C12H12N4O2S/c13-5-10-2-1-3-11(4-10)9-19(17,18)16-8-12-6-14-15-7-12/h1-4,6-7,16H,8-9H2,(H,14,15). The van der Waals surface area contributed by atoms with Gasteiger partial charge in [0.25, 0.3) is 0 Å². The lowest BCUT2D eigenvalue weighted by Crippen LogP contribution is -2.24. The van der Waals surface area contributed by atoms with Crippen molar-refractivity contribution in [2.24, 2.45) is 0 Å². The maximum Gasteiger partial charge on any atom is 0.216 e. The van der Waals surface area contributed by atoms with Crippen molar-refractivity contribution in [3.8, 4) is 6.07 Å². The molecule has 2 rings (SSSR count). The molecule has 0 bridgehead atoms. The molecule has 0 aliphatic rings. The van der Waals surface area contributed by atoms with E-state index in [4.69, 9.17) is 5.26 Å². The van der Waals surface area contributed by atoms with Gasteiger partial charge in [-0.05, 0) is 17.7 Å². The van der Waals surface area contributed by atoms with Gasteiger partial charge in [0, 0.05) is 18.3 Å². The molecule has 2 aromatic rings. The van der Waals surface area contributed by atoms with Crippen molar-refractivity contribution >= 4 is 10.0 Å². The molecule has 0 amide bonds. The van der Waals surface area contributed by atoms with Crippen molar-refractivity contribution in [1.29, 1.82) is 5.26 Å². The van der Waals surface area contributed by atoms with Gasteiger partial charge in [0.1, 0.15) is 0 Å². The van der Waals surface area contributed by atoms with Crippen LogP contribution in [0.1, 0.15) is 16.7 Å². The van der Waals surface area contributed by atoms with E-state index in [1.54, 1.807) is 36.7 Å². The number of benzene rings is 1. The van der Waals surface area contributed by atoms with E-state index in [9.17, 15) is 8.42 Å². The Morgan fingerprint density at radius 3 is 2.89 bits per heavy atom.